The van der Waals surface area contributed by atoms with Gasteiger partial charge in [-0.2, -0.15) is 5.26 Å². The summed E-state index contributed by atoms with van der Waals surface area (Å²) in [6.07, 6.45) is 1.88. The quantitative estimate of drug-likeness (QED) is 0.717. The molecule has 27 heavy (non-hydrogen) atoms. The van der Waals surface area contributed by atoms with E-state index in [-0.39, 0.29) is 0 Å². The van der Waals surface area contributed by atoms with Gasteiger partial charge in [0.1, 0.15) is 11.9 Å². The number of aromatic amines is 1. The van der Waals surface area contributed by atoms with Crippen molar-refractivity contribution < 1.29 is 4.74 Å². The summed E-state index contributed by atoms with van der Waals surface area (Å²) in [5.74, 6) is 0.606. The molecule has 0 amide bonds. The molecule has 0 saturated carbocycles. The first-order valence-electron chi connectivity index (χ1n) is 9.16. The summed E-state index contributed by atoms with van der Waals surface area (Å²) in [5.41, 5.74) is 6.94. The van der Waals surface area contributed by atoms with E-state index in [9.17, 15) is 5.26 Å². The first-order chi connectivity index (χ1) is 13.1. The van der Waals surface area contributed by atoms with Crippen LogP contribution in [0.25, 0.3) is 22.7 Å². The summed E-state index contributed by atoms with van der Waals surface area (Å²) in [6.45, 7) is 7.51. The van der Waals surface area contributed by atoms with Crippen LogP contribution in [0.15, 0.2) is 36.4 Å². The molecule has 0 unspecified atom stereocenters. The zero-order chi connectivity index (χ0) is 18.8. The molecule has 1 N–H and O–H groups in total. The number of H-pyrrole nitrogens is 1. The van der Waals surface area contributed by atoms with Crippen LogP contribution in [-0.2, 0) is 4.74 Å². The summed E-state index contributed by atoms with van der Waals surface area (Å²) in [5, 5.41) is 9.63. The monoisotopic (exact) mass is 358 g/mol. The molecule has 1 aliphatic heterocycles. The number of rotatable bonds is 3. The Labute approximate surface area is 158 Å². The van der Waals surface area contributed by atoms with Crippen molar-refractivity contribution in [1.29, 1.82) is 5.26 Å². The van der Waals surface area contributed by atoms with Crippen molar-refractivity contribution in [2.24, 2.45) is 0 Å². The average molecular weight is 358 g/mol. The van der Waals surface area contributed by atoms with Crippen molar-refractivity contribution >= 4 is 28.4 Å². The smallest absolute Gasteiger partial charge is 0.149 e. The molecule has 2 aromatic carbocycles. The zero-order valence-corrected chi connectivity index (χ0v) is 15.6. The number of hydrogen-bond donors (Lipinski definition) is 1. The third kappa shape index (κ3) is 3.57. The first-order valence-corrected chi connectivity index (χ1v) is 9.16. The van der Waals surface area contributed by atoms with Crippen LogP contribution in [0.5, 0.6) is 0 Å². The summed E-state index contributed by atoms with van der Waals surface area (Å²) in [7, 11) is 0. The summed E-state index contributed by atoms with van der Waals surface area (Å²) in [6, 6.07) is 14.7. The Morgan fingerprint density at radius 2 is 1.85 bits per heavy atom. The van der Waals surface area contributed by atoms with Gasteiger partial charge in [-0.05, 0) is 60.9 Å². The minimum atomic E-state index is 0.528. The second kappa shape index (κ2) is 7.26. The van der Waals surface area contributed by atoms with Gasteiger partial charge in [-0.1, -0.05) is 12.1 Å². The third-order valence-electron chi connectivity index (χ3n) is 5.05. The maximum absolute atomic E-state index is 9.63. The number of aryl methyl sites for hydroxylation is 2. The van der Waals surface area contributed by atoms with E-state index in [1.165, 1.54) is 16.8 Å². The Kier molecular flexibility index (Phi) is 4.66. The van der Waals surface area contributed by atoms with Crippen molar-refractivity contribution in [3.63, 3.8) is 0 Å². The molecule has 2 heterocycles. The fourth-order valence-corrected chi connectivity index (χ4v) is 3.32. The van der Waals surface area contributed by atoms with Crippen molar-refractivity contribution in [2.45, 2.75) is 13.8 Å². The summed E-state index contributed by atoms with van der Waals surface area (Å²) < 4.78 is 5.40. The lowest BCUT2D eigenvalue weighted by atomic mass is 10.1. The molecule has 3 aromatic rings. The van der Waals surface area contributed by atoms with E-state index in [1.54, 1.807) is 0 Å². The van der Waals surface area contributed by atoms with Crippen LogP contribution in [0.3, 0.4) is 0 Å². The van der Waals surface area contributed by atoms with Gasteiger partial charge in [-0.3, -0.25) is 0 Å². The van der Waals surface area contributed by atoms with Gasteiger partial charge >= 0.3 is 0 Å². The number of nitrogens with one attached hydrogen (secondary N) is 1. The number of ether oxygens (including phenoxy) is 1. The predicted molar refractivity (Wildman–Crippen MR) is 109 cm³/mol. The molecule has 1 aromatic heterocycles. The van der Waals surface area contributed by atoms with Crippen LogP contribution in [-0.4, -0.2) is 36.3 Å². The van der Waals surface area contributed by atoms with Crippen LogP contribution >= 0.6 is 0 Å². The minimum Gasteiger partial charge on any atom is -0.378 e. The molecule has 4 rings (SSSR count). The fourth-order valence-electron chi connectivity index (χ4n) is 3.32. The molecule has 1 saturated heterocycles. The number of anilines is 1. The van der Waals surface area contributed by atoms with Crippen LogP contribution in [0, 0.1) is 25.2 Å². The summed E-state index contributed by atoms with van der Waals surface area (Å²) in [4.78, 5) is 10.2. The number of fused-ring (bicyclic) bond motifs is 1. The number of aromatic nitrogens is 2. The fraction of sp³-hybridized carbons (Fsp3) is 0.273. The average Bonchev–Trinajstić information content (AvgIpc) is 3.10. The minimum absolute atomic E-state index is 0.528. The van der Waals surface area contributed by atoms with Gasteiger partial charge in [0.15, 0.2) is 0 Å². The SMILES string of the molecule is Cc1cc2nc(C(C#N)=Cc3ccc(N4CCOCC4)cc3)[nH]c2cc1C. The Balaban J connectivity index is 1.62. The van der Waals surface area contributed by atoms with Gasteiger partial charge in [0, 0.05) is 18.8 Å². The Morgan fingerprint density at radius 3 is 2.56 bits per heavy atom. The highest BCUT2D eigenvalue weighted by atomic mass is 16.5. The molecule has 136 valence electrons. The number of hydrogen-bond acceptors (Lipinski definition) is 4. The number of benzene rings is 2. The van der Waals surface area contributed by atoms with Crippen LogP contribution in [0.1, 0.15) is 22.5 Å². The molecule has 0 atom stereocenters. The van der Waals surface area contributed by atoms with E-state index in [1.807, 2.05) is 18.2 Å². The van der Waals surface area contributed by atoms with Crippen LogP contribution < -0.4 is 4.90 Å². The van der Waals surface area contributed by atoms with Crippen molar-refractivity contribution in [3.8, 4) is 6.07 Å². The third-order valence-corrected chi connectivity index (χ3v) is 5.05. The Hall–Kier alpha value is -3.10. The Bertz CT molecular complexity index is 996. The van der Waals surface area contributed by atoms with Gasteiger partial charge in [-0.15, -0.1) is 0 Å². The molecule has 5 heteroatoms. The lowest BCUT2D eigenvalue weighted by molar-refractivity contribution is 0.122. The molecule has 0 radical (unpaired) electrons. The number of allylic oxidation sites excluding steroid dienone is 1. The van der Waals surface area contributed by atoms with Gasteiger partial charge < -0.3 is 14.6 Å². The molecule has 0 aliphatic carbocycles. The topological polar surface area (TPSA) is 64.9 Å². The second-order valence-corrected chi connectivity index (χ2v) is 6.90. The highest BCUT2D eigenvalue weighted by molar-refractivity contribution is 5.90. The van der Waals surface area contributed by atoms with Gasteiger partial charge in [0.2, 0.25) is 0 Å². The standard InChI is InChI=1S/C22H22N4O/c1-15-11-20-21(12-16(15)2)25-22(24-20)18(14-23)13-17-3-5-19(6-4-17)26-7-9-27-10-8-26/h3-6,11-13H,7-10H2,1-2H3,(H,24,25). The van der Waals surface area contributed by atoms with E-state index in [0.717, 1.165) is 42.9 Å². The van der Waals surface area contributed by atoms with Gasteiger partial charge in [-0.25, -0.2) is 4.98 Å². The highest BCUT2D eigenvalue weighted by Crippen LogP contribution is 2.23. The van der Waals surface area contributed by atoms with E-state index >= 15 is 0 Å². The van der Waals surface area contributed by atoms with Crippen molar-refractivity contribution in [1.82, 2.24) is 9.97 Å². The molecule has 1 aliphatic rings. The lowest BCUT2D eigenvalue weighted by Gasteiger charge is -2.28. The molecular weight excluding hydrogens is 336 g/mol. The van der Waals surface area contributed by atoms with E-state index in [4.69, 9.17) is 4.74 Å². The normalized spacial score (nSPS) is 15.1. The van der Waals surface area contributed by atoms with Gasteiger partial charge in [0.25, 0.3) is 0 Å². The number of nitrogens with zero attached hydrogens (tertiary/aromatic N) is 3. The van der Waals surface area contributed by atoms with Crippen LogP contribution in [0.2, 0.25) is 0 Å². The number of morpholine rings is 1. The maximum atomic E-state index is 9.63. The highest BCUT2D eigenvalue weighted by Gasteiger charge is 2.12. The van der Waals surface area contributed by atoms with Gasteiger partial charge in [0.05, 0.1) is 29.8 Å². The zero-order valence-electron chi connectivity index (χ0n) is 15.6. The molecular formula is C22H22N4O. The van der Waals surface area contributed by atoms with Crippen LogP contribution in [0.4, 0.5) is 5.69 Å². The molecule has 0 bridgehead atoms. The number of imidazole rings is 1. The van der Waals surface area contributed by atoms with E-state index in [2.05, 4.69) is 59.1 Å². The van der Waals surface area contributed by atoms with Crippen molar-refractivity contribution in [2.75, 3.05) is 31.2 Å². The van der Waals surface area contributed by atoms with Crippen molar-refractivity contribution in [3.05, 3.63) is 58.9 Å². The second-order valence-electron chi connectivity index (χ2n) is 6.90. The van der Waals surface area contributed by atoms with E-state index < -0.39 is 0 Å². The first kappa shape index (κ1) is 17.3. The maximum Gasteiger partial charge on any atom is 0.149 e. The molecule has 1 fully saturated rings. The lowest BCUT2D eigenvalue weighted by Crippen LogP contribution is -2.36. The molecule has 0 spiro atoms. The Morgan fingerprint density at radius 1 is 1.15 bits per heavy atom. The predicted octanol–water partition coefficient (Wildman–Crippen LogP) is 4.08. The summed E-state index contributed by atoms with van der Waals surface area (Å²) >= 11 is 0. The molecule has 5 nitrogen and oxygen atoms in total. The number of nitriles is 1. The largest absolute Gasteiger partial charge is 0.378 e. The van der Waals surface area contributed by atoms with E-state index in [0.29, 0.717) is 11.4 Å².